The Bertz CT molecular complexity index is 574. The van der Waals surface area contributed by atoms with Crippen LogP contribution in [0.4, 0.5) is 4.39 Å². The molecule has 0 aliphatic heterocycles. The molecule has 0 fully saturated rings. The number of halogens is 3. The summed E-state index contributed by atoms with van der Waals surface area (Å²) in [6, 6.07) is 12.7. The highest BCUT2D eigenvalue weighted by atomic mass is 79.9. The number of hydrogen-bond acceptors (Lipinski definition) is 1. The predicted molar refractivity (Wildman–Crippen MR) is 80.8 cm³/mol. The Balaban J connectivity index is 2.04. The molecule has 0 amide bonds. The molecule has 4 heteroatoms. The van der Waals surface area contributed by atoms with E-state index in [-0.39, 0.29) is 11.9 Å². The maximum Gasteiger partial charge on any atom is 0.124 e. The summed E-state index contributed by atoms with van der Waals surface area (Å²) in [4.78, 5) is 0. The summed E-state index contributed by atoms with van der Waals surface area (Å²) >= 11 is 9.53. The minimum absolute atomic E-state index is 0.177. The molecule has 0 spiro atoms. The highest BCUT2D eigenvalue weighted by Crippen LogP contribution is 2.24. The summed E-state index contributed by atoms with van der Waals surface area (Å²) in [5, 5.41) is 3.83. The standard InChI is InChI=1S/C15H14BrClFN/c1-10(13-4-2-3-5-14(13)16)19-9-11-6-7-12(18)8-15(11)17/h2-8,10,19H,9H2,1H3/t10-/m0/s1. The molecule has 0 aromatic heterocycles. The average Bonchev–Trinajstić information content (AvgIpc) is 2.38. The Labute approximate surface area is 125 Å². The third-order valence-electron chi connectivity index (χ3n) is 2.99. The van der Waals surface area contributed by atoms with E-state index in [0.29, 0.717) is 11.6 Å². The van der Waals surface area contributed by atoms with Crippen LogP contribution in [-0.2, 0) is 6.54 Å². The van der Waals surface area contributed by atoms with Gasteiger partial charge in [0.2, 0.25) is 0 Å². The van der Waals surface area contributed by atoms with E-state index in [9.17, 15) is 4.39 Å². The van der Waals surface area contributed by atoms with Crippen molar-refractivity contribution in [3.63, 3.8) is 0 Å². The molecule has 0 bridgehead atoms. The quantitative estimate of drug-likeness (QED) is 0.816. The summed E-state index contributed by atoms with van der Waals surface area (Å²) in [7, 11) is 0. The normalized spacial score (nSPS) is 12.4. The molecule has 19 heavy (non-hydrogen) atoms. The van der Waals surface area contributed by atoms with Crippen LogP contribution >= 0.6 is 27.5 Å². The average molecular weight is 343 g/mol. The number of nitrogens with one attached hydrogen (secondary N) is 1. The van der Waals surface area contributed by atoms with Gasteiger partial charge in [-0.15, -0.1) is 0 Å². The number of rotatable bonds is 4. The lowest BCUT2D eigenvalue weighted by molar-refractivity contribution is 0.571. The molecule has 0 heterocycles. The fourth-order valence-electron chi connectivity index (χ4n) is 1.86. The molecule has 0 aliphatic rings. The minimum Gasteiger partial charge on any atom is -0.306 e. The lowest BCUT2D eigenvalue weighted by Gasteiger charge is -2.16. The molecule has 2 aromatic carbocycles. The van der Waals surface area contributed by atoms with Gasteiger partial charge in [0.1, 0.15) is 5.82 Å². The molecular weight excluding hydrogens is 329 g/mol. The number of benzene rings is 2. The van der Waals surface area contributed by atoms with Crippen LogP contribution in [0.2, 0.25) is 5.02 Å². The van der Waals surface area contributed by atoms with Crippen molar-refractivity contribution in [3.8, 4) is 0 Å². The van der Waals surface area contributed by atoms with Crippen LogP contribution < -0.4 is 5.32 Å². The monoisotopic (exact) mass is 341 g/mol. The molecule has 0 radical (unpaired) electrons. The van der Waals surface area contributed by atoms with Crippen molar-refractivity contribution < 1.29 is 4.39 Å². The molecule has 0 saturated carbocycles. The zero-order valence-corrected chi connectivity index (χ0v) is 12.8. The van der Waals surface area contributed by atoms with Crippen molar-refractivity contribution in [1.29, 1.82) is 0 Å². The Hall–Kier alpha value is -0.900. The van der Waals surface area contributed by atoms with E-state index in [1.165, 1.54) is 17.7 Å². The Morgan fingerprint density at radius 1 is 1.26 bits per heavy atom. The van der Waals surface area contributed by atoms with Crippen molar-refractivity contribution >= 4 is 27.5 Å². The van der Waals surface area contributed by atoms with E-state index in [1.54, 1.807) is 6.07 Å². The predicted octanol–water partition coefficient (Wildman–Crippen LogP) is 5.09. The number of hydrogen-bond donors (Lipinski definition) is 1. The van der Waals surface area contributed by atoms with Crippen molar-refractivity contribution in [2.75, 3.05) is 0 Å². The van der Waals surface area contributed by atoms with Crippen LogP contribution in [0.25, 0.3) is 0 Å². The first-order chi connectivity index (χ1) is 9.08. The molecule has 0 aliphatic carbocycles. The maximum absolute atomic E-state index is 13.0. The van der Waals surface area contributed by atoms with Gasteiger partial charge >= 0.3 is 0 Å². The lowest BCUT2D eigenvalue weighted by Crippen LogP contribution is -2.18. The third kappa shape index (κ3) is 3.78. The van der Waals surface area contributed by atoms with Gasteiger partial charge in [0.25, 0.3) is 0 Å². The van der Waals surface area contributed by atoms with E-state index in [1.807, 2.05) is 18.2 Å². The van der Waals surface area contributed by atoms with Crippen molar-refractivity contribution in [3.05, 3.63) is 68.9 Å². The van der Waals surface area contributed by atoms with Crippen LogP contribution in [0.3, 0.4) is 0 Å². The van der Waals surface area contributed by atoms with Gasteiger partial charge in [-0.25, -0.2) is 4.39 Å². The summed E-state index contributed by atoms with van der Waals surface area (Å²) in [6.45, 7) is 2.68. The molecule has 1 N–H and O–H groups in total. The Morgan fingerprint density at radius 2 is 2.00 bits per heavy atom. The lowest BCUT2D eigenvalue weighted by atomic mass is 10.1. The van der Waals surface area contributed by atoms with Crippen LogP contribution in [0.1, 0.15) is 24.1 Å². The summed E-state index contributed by atoms with van der Waals surface area (Å²) in [6.07, 6.45) is 0. The zero-order valence-electron chi connectivity index (χ0n) is 10.5. The summed E-state index contributed by atoms with van der Waals surface area (Å²) in [5.41, 5.74) is 2.07. The first-order valence-corrected chi connectivity index (χ1v) is 7.17. The van der Waals surface area contributed by atoms with Gasteiger partial charge in [-0.3, -0.25) is 0 Å². The maximum atomic E-state index is 13.0. The van der Waals surface area contributed by atoms with Crippen LogP contribution in [0.5, 0.6) is 0 Å². The van der Waals surface area contributed by atoms with E-state index < -0.39 is 0 Å². The van der Waals surface area contributed by atoms with Gasteiger partial charge in [0, 0.05) is 22.1 Å². The SMILES string of the molecule is C[C@H](NCc1ccc(F)cc1Cl)c1ccccc1Br. The molecular formula is C15H14BrClFN. The van der Waals surface area contributed by atoms with E-state index >= 15 is 0 Å². The minimum atomic E-state index is -0.312. The van der Waals surface area contributed by atoms with Gasteiger partial charge < -0.3 is 5.32 Å². The van der Waals surface area contributed by atoms with E-state index in [2.05, 4.69) is 34.2 Å². The second-order valence-electron chi connectivity index (χ2n) is 4.36. The van der Waals surface area contributed by atoms with Crippen LogP contribution in [-0.4, -0.2) is 0 Å². The molecule has 2 rings (SSSR count). The largest absolute Gasteiger partial charge is 0.306 e. The molecule has 2 aromatic rings. The molecule has 100 valence electrons. The summed E-state index contributed by atoms with van der Waals surface area (Å²) < 4.78 is 14.0. The van der Waals surface area contributed by atoms with Crippen molar-refractivity contribution in [2.24, 2.45) is 0 Å². The second kappa shape index (κ2) is 6.51. The van der Waals surface area contributed by atoms with Crippen molar-refractivity contribution in [1.82, 2.24) is 5.32 Å². The van der Waals surface area contributed by atoms with E-state index in [0.717, 1.165) is 10.0 Å². The first-order valence-electron chi connectivity index (χ1n) is 5.99. The molecule has 1 atom stereocenters. The molecule has 1 nitrogen and oxygen atoms in total. The molecule has 0 unspecified atom stereocenters. The Kier molecular flexibility index (Phi) is 4.97. The summed E-state index contributed by atoms with van der Waals surface area (Å²) in [5.74, 6) is -0.312. The highest BCUT2D eigenvalue weighted by molar-refractivity contribution is 9.10. The van der Waals surface area contributed by atoms with Gasteiger partial charge in [-0.05, 0) is 36.2 Å². The smallest absolute Gasteiger partial charge is 0.124 e. The van der Waals surface area contributed by atoms with Gasteiger partial charge in [0.05, 0.1) is 0 Å². The third-order valence-corrected chi connectivity index (χ3v) is 4.06. The fourth-order valence-corrected chi connectivity index (χ4v) is 2.73. The van der Waals surface area contributed by atoms with Crippen LogP contribution in [0.15, 0.2) is 46.9 Å². The fraction of sp³-hybridized carbons (Fsp3) is 0.200. The first kappa shape index (κ1) is 14.5. The second-order valence-corrected chi connectivity index (χ2v) is 5.62. The Morgan fingerprint density at radius 3 is 2.68 bits per heavy atom. The topological polar surface area (TPSA) is 12.0 Å². The highest BCUT2D eigenvalue weighted by Gasteiger charge is 2.09. The van der Waals surface area contributed by atoms with Crippen LogP contribution in [0, 0.1) is 5.82 Å². The van der Waals surface area contributed by atoms with Gasteiger partial charge in [-0.1, -0.05) is 51.8 Å². The molecule has 0 saturated heterocycles. The zero-order chi connectivity index (χ0) is 13.8. The van der Waals surface area contributed by atoms with Gasteiger partial charge in [-0.2, -0.15) is 0 Å². The van der Waals surface area contributed by atoms with Crippen molar-refractivity contribution in [2.45, 2.75) is 19.5 Å². The van der Waals surface area contributed by atoms with Gasteiger partial charge in [0.15, 0.2) is 0 Å². The van der Waals surface area contributed by atoms with E-state index in [4.69, 9.17) is 11.6 Å².